The van der Waals surface area contributed by atoms with Crippen LogP contribution in [0, 0.1) is 0 Å². The molecule has 5 nitrogen and oxygen atoms in total. The zero-order chi connectivity index (χ0) is 13.8. The summed E-state index contributed by atoms with van der Waals surface area (Å²) in [6, 6.07) is 5.25. The lowest BCUT2D eigenvalue weighted by molar-refractivity contribution is -0.130. The van der Waals surface area contributed by atoms with E-state index in [1.54, 1.807) is 26.2 Å². The fourth-order valence-corrected chi connectivity index (χ4v) is 2.28. The number of phenolic OH excluding ortho intramolecular Hbond substituents is 1. The Morgan fingerprint density at radius 2 is 2.00 bits per heavy atom. The van der Waals surface area contributed by atoms with E-state index in [-0.39, 0.29) is 11.7 Å². The molecule has 1 saturated heterocycles. The van der Waals surface area contributed by atoms with Crippen molar-refractivity contribution >= 4 is 5.91 Å². The number of hydrogen-bond acceptors (Lipinski definition) is 4. The van der Waals surface area contributed by atoms with Crippen LogP contribution in [0.4, 0.5) is 0 Å². The Bertz CT molecular complexity index is 454. The zero-order valence-corrected chi connectivity index (χ0v) is 11.4. The minimum Gasteiger partial charge on any atom is -0.508 e. The molecule has 2 rings (SSSR count). The highest BCUT2D eigenvalue weighted by Gasteiger charge is 2.19. The molecule has 0 bridgehead atoms. The van der Waals surface area contributed by atoms with Crippen molar-refractivity contribution in [1.29, 1.82) is 0 Å². The Labute approximate surface area is 113 Å². The van der Waals surface area contributed by atoms with E-state index in [1.165, 1.54) is 0 Å². The Morgan fingerprint density at radius 3 is 2.58 bits per heavy atom. The van der Waals surface area contributed by atoms with Crippen molar-refractivity contribution in [3.8, 4) is 11.5 Å². The average Bonchev–Trinajstić information content (AvgIpc) is 2.42. The van der Waals surface area contributed by atoms with Gasteiger partial charge in [0.25, 0.3) is 0 Å². The number of methoxy groups -OCH3 is 1. The molecule has 0 saturated carbocycles. The summed E-state index contributed by atoms with van der Waals surface area (Å²) < 4.78 is 5.17. The van der Waals surface area contributed by atoms with E-state index in [9.17, 15) is 9.90 Å². The maximum absolute atomic E-state index is 11.3. The molecule has 1 aliphatic rings. The van der Waals surface area contributed by atoms with Crippen LogP contribution in [-0.2, 0) is 11.3 Å². The normalized spacial score (nSPS) is 16.4. The smallest absolute Gasteiger partial charge is 0.219 e. The molecule has 1 fully saturated rings. The molecular formula is C14H20N2O3. The number of carbonyl (C=O) groups excluding carboxylic acids is 1. The molecule has 1 aromatic rings. The third-order valence-electron chi connectivity index (χ3n) is 3.50. The molecule has 0 atom stereocenters. The molecule has 1 amide bonds. The van der Waals surface area contributed by atoms with Crippen molar-refractivity contribution in [2.45, 2.75) is 13.5 Å². The highest BCUT2D eigenvalue weighted by Crippen LogP contribution is 2.24. The van der Waals surface area contributed by atoms with Crippen LogP contribution >= 0.6 is 0 Å². The van der Waals surface area contributed by atoms with Crippen LogP contribution in [0.2, 0.25) is 0 Å². The number of benzene rings is 1. The topological polar surface area (TPSA) is 53.0 Å². The van der Waals surface area contributed by atoms with Gasteiger partial charge >= 0.3 is 0 Å². The minimum absolute atomic E-state index is 0.129. The van der Waals surface area contributed by atoms with Gasteiger partial charge in [-0.05, 0) is 18.2 Å². The number of hydrogen-bond donors (Lipinski definition) is 1. The number of aromatic hydroxyl groups is 1. The largest absolute Gasteiger partial charge is 0.508 e. The molecule has 0 radical (unpaired) electrons. The van der Waals surface area contributed by atoms with Crippen molar-refractivity contribution in [3.05, 3.63) is 23.8 Å². The van der Waals surface area contributed by atoms with Crippen LogP contribution in [0.15, 0.2) is 18.2 Å². The van der Waals surface area contributed by atoms with Gasteiger partial charge in [-0.2, -0.15) is 0 Å². The number of rotatable bonds is 3. The Morgan fingerprint density at radius 1 is 1.32 bits per heavy atom. The lowest BCUT2D eigenvalue weighted by Gasteiger charge is -2.34. The molecule has 1 aromatic carbocycles. The summed E-state index contributed by atoms with van der Waals surface area (Å²) in [4.78, 5) is 15.3. The average molecular weight is 264 g/mol. The second-order valence-corrected chi connectivity index (χ2v) is 4.78. The molecule has 0 aromatic heterocycles. The fourth-order valence-electron chi connectivity index (χ4n) is 2.28. The molecule has 1 N–H and O–H groups in total. The van der Waals surface area contributed by atoms with Gasteiger partial charge in [0.1, 0.15) is 11.5 Å². The van der Waals surface area contributed by atoms with E-state index in [2.05, 4.69) is 4.90 Å². The molecule has 1 heterocycles. The van der Waals surface area contributed by atoms with Crippen LogP contribution in [0.1, 0.15) is 12.5 Å². The quantitative estimate of drug-likeness (QED) is 0.887. The lowest BCUT2D eigenvalue weighted by atomic mass is 10.1. The van der Waals surface area contributed by atoms with Crippen LogP contribution in [0.25, 0.3) is 0 Å². The molecule has 5 heteroatoms. The first-order valence-electron chi connectivity index (χ1n) is 6.44. The van der Waals surface area contributed by atoms with Gasteiger partial charge in [0, 0.05) is 45.2 Å². The van der Waals surface area contributed by atoms with E-state index >= 15 is 0 Å². The van der Waals surface area contributed by atoms with Crippen LogP contribution in [-0.4, -0.2) is 54.1 Å². The number of carbonyl (C=O) groups is 1. The van der Waals surface area contributed by atoms with Gasteiger partial charge in [-0.15, -0.1) is 0 Å². The van der Waals surface area contributed by atoms with Gasteiger partial charge in [0.2, 0.25) is 5.91 Å². The Hall–Kier alpha value is -1.75. The zero-order valence-electron chi connectivity index (χ0n) is 11.4. The third-order valence-corrected chi connectivity index (χ3v) is 3.50. The summed E-state index contributed by atoms with van der Waals surface area (Å²) in [6.45, 7) is 5.44. The van der Waals surface area contributed by atoms with E-state index in [1.807, 2.05) is 11.0 Å². The number of nitrogens with zero attached hydrogens (tertiary/aromatic N) is 2. The van der Waals surface area contributed by atoms with Gasteiger partial charge in [-0.25, -0.2) is 0 Å². The molecule has 19 heavy (non-hydrogen) atoms. The number of ether oxygens (including phenoxy) is 1. The molecule has 0 unspecified atom stereocenters. The summed E-state index contributed by atoms with van der Waals surface area (Å²) in [5.41, 5.74) is 0.857. The highest BCUT2D eigenvalue weighted by atomic mass is 16.5. The van der Waals surface area contributed by atoms with Crippen molar-refractivity contribution in [3.63, 3.8) is 0 Å². The summed E-state index contributed by atoms with van der Waals surface area (Å²) >= 11 is 0. The maximum atomic E-state index is 11.3. The second kappa shape index (κ2) is 5.93. The molecule has 0 aliphatic carbocycles. The van der Waals surface area contributed by atoms with Gasteiger partial charge < -0.3 is 14.7 Å². The lowest BCUT2D eigenvalue weighted by Crippen LogP contribution is -2.47. The summed E-state index contributed by atoms with van der Waals surface area (Å²) in [7, 11) is 1.61. The van der Waals surface area contributed by atoms with Crippen LogP contribution in [0.3, 0.4) is 0 Å². The third kappa shape index (κ3) is 3.38. The monoisotopic (exact) mass is 264 g/mol. The SMILES string of the molecule is COc1ccc(O)c(CN2CCN(C(C)=O)CC2)c1. The van der Waals surface area contributed by atoms with Crippen LogP contribution < -0.4 is 4.74 Å². The highest BCUT2D eigenvalue weighted by molar-refractivity contribution is 5.73. The van der Waals surface area contributed by atoms with Crippen molar-refractivity contribution in [2.24, 2.45) is 0 Å². The standard InChI is InChI=1S/C14H20N2O3/c1-11(17)16-7-5-15(6-8-16)10-12-9-13(19-2)3-4-14(12)18/h3-4,9,18H,5-8,10H2,1-2H3. The first-order chi connectivity index (χ1) is 9.10. The van der Waals surface area contributed by atoms with Gasteiger partial charge in [-0.3, -0.25) is 9.69 Å². The number of phenols is 1. The number of amides is 1. The summed E-state index contributed by atoms with van der Waals surface area (Å²) in [5, 5.41) is 9.85. The first-order valence-corrected chi connectivity index (χ1v) is 6.44. The molecule has 104 valence electrons. The van der Waals surface area contributed by atoms with E-state index in [0.29, 0.717) is 6.54 Å². The Kier molecular flexibility index (Phi) is 4.27. The Balaban J connectivity index is 1.97. The summed E-state index contributed by atoms with van der Waals surface area (Å²) in [5.74, 6) is 1.16. The van der Waals surface area contributed by atoms with Crippen LogP contribution in [0.5, 0.6) is 11.5 Å². The van der Waals surface area contributed by atoms with E-state index < -0.39 is 0 Å². The molecular weight excluding hydrogens is 244 g/mol. The van der Waals surface area contributed by atoms with Crippen molar-refractivity contribution < 1.29 is 14.6 Å². The van der Waals surface area contributed by atoms with E-state index in [4.69, 9.17) is 4.74 Å². The number of piperazine rings is 1. The van der Waals surface area contributed by atoms with Gasteiger partial charge in [0.05, 0.1) is 7.11 Å². The van der Waals surface area contributed by atoms with E-state index in [0.717, 1.165) is 37.5 Å². The van der Waals surface area contributed by atoms with Crippen molar-refractivity contribution in [2.75, 3.05) is 33.3 Å². The molecule has 0 spiro atoms. The molecule has 1 aliphatic heterocycles. The predicted molar refractivity (Wildman–Crippen MR) is 72.2 cm³/mol. The van der Waals surface area contributed by atoms with Gasteiger partial charge in [-0.1, -0.05) is 0 Å². The minimum atomic E-state index is 0.129. The maximum Gasteiger partial charge on any atom is 0.219 e. The van der Waals surface area contributed by atoms with Crippen molar-refractivity contribution in [1.82, 2.24) is 9.80 Å². The fraction of sp³-hybridized carbons (Fsp3) is 0.500. The predicted octanol–water partition coefficient (Wildman–Crippen LogP) is 1.06. The first kappa shape index (κ1) is 13.7. The summed E-state index contributed by atoms with van der Waals surface area (Å²) in [6.07, 6.45) is 0. The second-order valence-electron chi connectivity index (χ2n) is 4.78. The van der Waals surface area contributed by atoms with Gasteiger partial charge in [0.15, 0.2) is 0 Å².